The predicted octanol–water partition coefficient (Wildman–Crippen LogP) is 6.03. The molecule has 2 heterocycles. The van der Waals surface area contributed by atoms with Crippen LogP contribution < -0.4 is 5.32 Å². The van der Waals surface area contributed by atoms with Crippen LogP contribution in [0.5, 0.6) is 0 Å². The van der Waals surface area contributed by atoms with Crippen LogP contribution in [-0.2, 0) is 0 Å². The standard InChI is InChI=1S/C24H16ClFN4O2/c1-14-21(23(29-32-14)22-17(25)5-4-6-18(22)26)24(31)28-15-9-11-16(12-10-15)30-13-27-19-7-2-3-8-20(19)30/h2-13H,1H3,(H,28,31). The van der Waals surface area contributed by atoms with Gasteiger partial charge in [0.1, 0.15) is 29.2 Å². The fourth-order valence-corrected chi connectivity index (χ4v) is 3.85. The third-order valence-corrected chi connectivity index (χ3v) is 5.46. The summed E-state index contributed by atoms with van der Waals surface area (Å²) >= 11 is 6.16. The first-order valence-electron chi connectivity index (χ1n) is 9.77. The lowest BCUT2D eigenvalue weighted by molar-refractivity contribution is 0.102. The number of hydrogen-bond acceptors (Lipinski definition) is 4. The summed E-state index contributed by atoms with van der Waals surface area (Å²) in [6.45, 7) is 1.59. The molecule has 0 saturated heterocycles. The van der Waals surface area contributed by atoms with E-state index in [-0.39, 0.29) is 27.6 Å². The fraction of sp³-hybridized carbons (Fsp3) is 0.0417. The molecule has 0 aliphatic rings. The number of halogens is 2. The number of anilines is 1. The van der Waals surface area contributed by atoms with Crippen LogP contribution in [-0.4, -0.2) is 20.6 Å². The largest absolute Gasteiger partial charge is 0.360 e. The average molecular weight is 447 g/mol. The number of carbonyl (C=O) groups is 1. The molecule has 5 rings (SSSR count). The van der Waals surface area contributed by atoms with Gasteiger partial charge in [0.2, 0.25) is 0 Å². The van der Waals surface area contributed by atoms with E-state index in [1.165, 1.54) is 18.2 Å². The van der Waals surface area contributed by atoms with Crippen LogP contribution in [0.4, 0.5) is 10.1 Å². The Morgan fingerprint density at radius 2 is 1.84 bits per heavy atom. The molecular weight excluding hydrogens is 431 g/mol. The number of para-hydroxylation sites is 2. The van der Waals surface area contributed by atoms with E-state index in [9.17, 15) is 9.18 Å². The van der Waals surface area contributed by atoms with Crippen LogP contribution in [0.15, 0.2) is 77.6 Å². The summed E-state index contributed by atoms with van der Waals surface area (Å²) in [5, 5.41) is 6.83. The van der Waals surface area contributed by atoms with Gasteiger partial charge in [-0.3, -0.25) is 9.36 Å². The van der Waals surface area contributed by atoms with Crippen molar-refractivity contribution in [3.8, 4) is 16.9 Å². The molecular formula is C24H16ClFN4O2. The van der Waals surface area contributed by atoms with Gasteiger partial charge in [0.05, 0.1) is 21.6 Å². The van der Waals surface area contributed by atoms with Crippen LogP contribution in [0.2, 0.25) is 5.02 Å². The smallest absolute Gasteiger partial charge is 0.261 e. The molecule has 0 atom stereocenters. The molecule has 1 amide bonds. The summed E-state index contributed by atoms with van der Waals surface area (Å²) in [4.78, 5) is 17.4. The zero-order valence-electron chi connectivity index (χ0n) is 16.8. The molecule has 158 valence electrons. The van der Waals surface area contributed by atoms with E-state index in [0.29, 0.717) is 5.69 Å². The summed E-state index contributed by atoms with van der Waals surface area (Å²) in [5.74, 6) is -0.797. The first kappa shape index (κ1) is 20.0. The van der Waals surface area contributed by atoms with Crippen molar-refractivity contribution in [3.63, 3.8) is 0 Å². The Balaban J connectivity index is 1.44. The van der Waals surface area contributed by atoms with E-state index in [2.05, 4.69) is 15.5 Å². The monoisotopic (exact) mass is 446 g/mol. The molecule has 32 heavy (non-hydrogen) atoms. The van der Waals surface area contributed by atoms with Crippen molar-refractivity contribution in [3.05, 3.63) is 95.2 Å². The lowest BCUT2D eigenvalue weighted by atomic mass is 10.0. The highest BCUT2D eigenvalue weighted by atomic mass is 35.5. The van der Waals surface area contributed by atoms with E-state index in [0.717, 1.165) is 16.7 Å². The maximum atomic E-state index is 14.4. The summed E-state index contributed by atoms with van der Waals surface area (Å²) in [6.07, 6.45) is 1.75. The molecule has 0 radical (unpaired) electrons. The molecule has 2 aromatic heterocycles. The number of aryl methyl sites for hydroxylation is 1. The molecule has 0 unspecified atom stereocenters. The number of rotatable bonds is 4. The highest BCUT2D eigenvalue weighted by Crippen LogP contribution is 2.33. The molecule has 1 N–H and O–H groups in total. The Labute approximate surface area is 187 Å². The SMILES string of the molecule is Cc1onc(-c2c(F)cccc2Cl)c1C(=O)Nc1ccc(-n2cnc3ccccc32)cc1. The average Bonchev–Trinajstić information content (AvgIpc) is 3.38. The van der Waals surface area contributed by atoms with E-state index in [1.807, 2.05) is 41.0 Å². The van der Waals surface area contributed by atoms with Crippen molar-refractivity contribution in [2.45, 2.75) is 6.92 Å². The van der Waals surface area contributed by atoms with Crippen LogP contribution in [0.25, 0.3) is 28.0 Å². The van der Waals surface area contributed by atoms with Gasteiger partial charge in [-0.15, -0.1) is 0 Å². The molecule has 8 heteroatoms. The lowest BCUT2D eigenvalue weighted by Gasteiger charge is -2.09. The minimum Gasteiger partial charge on any atom is -0.360 e. The molecule has 0 fully saturated rings. The Morgan fingerprint density at radius 3 is 2.62 bits per heavy atom. The van der Waals surface area contributed by atoms with E-state index < -0.39 is 11.7 Å². The second-order valence-electron chi connectivity index (χ2n) is 7.16. The number of amides is 1. The van der Waals surface area contributed by atoms with Crippen LogP contribution >= 0.6 is 11.6 Å². The Kier molecular flexibility index (Phi) is 4.95. The number of imidazole rings is 1. The Hall–Kier alpha value is -3.97. The first-order valence-corrected chi connectivity index (χ1v) is 10.2. The normalized spacial score (nSPS) is 11.1. The predicted molar refractivity (Wildman–Crippen MR) is 121 cm³/mol. The quantitative estimate of drug-likeness (QED) is 0.365. The molecule has 0 saturated carbocycles. The third kappa shape index (κ3) is 3.42. The van der Waals surface area contributed by atoms with E-state index in [1.54, 1.807) is 25.4 Å². The van der Waals surface area contributed by atoms with Crippen LogP contribution in [0, 0.1) is 12.7 Å². The highest BCUT2D eigenvalue weighted by molar-refractivity contribution is 6.33. The van der Waals surface area contributed by atoms with Gasteiger partial charge in [0.25, 0.3) is 5.91 Å². The van der Waals surface area contributed by atoms with Gasteiger partial charge in [0, 0.05) is 11.4 Å². The van der Waals surface area contributed by atoms with Gasteiger partial charge >= 0.3 is 0 Å². The number of benzene rings is 3. The van der Waals surface area contributed by atoms with Crippen molar-refractivity contribution < 1.29 is 13.7 Å². The molecule has 6 nitrogen and oxygen atoms in total. The van der Waals surface area contributed by atoms with Crippen molar-refractivity contribution in [2.24, 2.45) is 0 Å². The second kappa shape index (κ2) is 7.94. The summed E-state index contributed by atoms with van der Waals surface area (Å²) < 4.78 is 21.5. The zero-order valence-corrected chi connectivity index (χ0v) is 17.6. The number of carbonyl (C=O) groups excluding carboxylic acids is 1. The Morgan fingerprint density at radius 1 is 1.06 bits per heavy atom. The molecule has 3 aromatic carbocycles. The van der Waals surface area contributed by atoms with Gasteiger partial charge in [-0.2, -0.15) is 0 Å². The van der Waals surface area contributed by atoms with E-state index >= 15 is 0 Å². The maximum absolute atomic E-state index is 14.4. The minimum atomic E-state index is -0.586. The molecule has 0 aliphatic heterocycles. The number of aromatic nitrogens is 3. The topological polar surface area (TPSA) is 73.0 Å². The van der Waals surface area contributed by atoms with Gasteiger partial charge < -0.3 is 9.84 Å². The summed E-state index contributed by atoms with van der Waals surface area (Å²) in [6, 6.07) is 19.4. The van der Waals surface area contributed by atoms with Crippen LogP contribution in [0.3, 0.4) is 0 Å². The van der Waals surface area contributed by atoms with Crippen LogP contribution in [0.1, 0.15) is 16.1 Å². The van der Waals surface area contributed by atoms with Crippen molar-refractivity contribution in [2.75, 3.05) is 5.32 Å². The number of fused-ring (bicyclic) bond motifs is 1. The van der Waals surface area contributed by atoms with Gasteiger partial charge in [0.15, 0.2) is 0 Å². The highest BCUT2D eigenvalue weighted by Gasteiger charge is 2.25. The summed E-state index contributed by atoms with van der Waals surface area (Å²) in [5.41, 5.74) is 3.55. The number of hydrogen-bond donors (Lipinski definition) is 1. The fourth-order valence-electron chi connectivity index (χ4n) is 3.60. The molecule has 5 aromatic rings. The minimum absolute atomic E-state index is 0.0264. The zero-order chi connectivity index (χ0) is 22.2. The molecule has 0 aliphatic carbocycles. The summed E-state index contributed by atoms with van der Waals surface area (Å²) in [7, 11) is 0. The first-order chi connectivity index (χ1) is 15.5. The van der Waals surface area contributed by atoms with Gasteiger partial charge in [-0.1, -0.05) is 35.0 Å². The Bertz CT molecular complexity index is 1440. The third-order valence-electron chi connectivity index (χ3n) is 5.15. The van der Waals surface area contributed by atoms with Gasteiger partial charge in [-0.25, -0.2) is 9.37 Å². The lowest BCUT2D eigenvalue weighted by Crippen LogP contribution is -2.13. The van der Waals surface area contributed by atoms with Crippen molar-refractivity contribution in [1.29, 1.82) is 0 Å². The number of nitrogens with zero attached hydrogens (tertiary/aromatic N) is 3. The maximum Gasteiger partial charge on any atom is 0.261 e. The van der Waals surface area contributed by atoms with E-state index in [4.69, 9.17) is 16.1 Å². The van der Waals surface area contributed by atoms with Crippen molar-refractivity contribution in [1.82, 2.24) is 14.7 Å². The second-order valence-corrected chi connectivity index (χ2v) is 7.57. The molecule has 0 bridgehead atoms. The van der Waals surface area contributed by atoms with Crippen molar-refractivity contribution >= 4 is 34.2 Å². The number of nitrogens with one attached hydrogen (secondary N) is 1. The van der Waals surface area contributed by atoms with Gasteiger partial charge in [-0.05, 0) is 55.5 Å². The molecule has 0 spiro atoms.